The van der Waals surface area contributed by atoms with E-state index < -0.39 is 5.97 Å². The van der Waals surface area contributed by atoms with Crippen LogP contribution in [0.5, 0.6) is 0 Å². The van der Waals surface area contributed by atoms with Gasteiger partial charge in [0.2, 0.25) is 0 Å². The first-order valence-corrected chi connectivity index (χ1v) is 12.5. The predicted molar refractivity (Wildman–Crippen MR) is 135 cm³/mol. The summed E-state index contributed by atoms with van der Waals surface area (Å²) in [6.45, 7) is 10.1. The maximum atomic E-state index is 10.1. The largest absolute Gasteiger partial charge is 0.481 e. The van der Waals surface area contributed by atoms with Crippen molar-refractivity contribution in [2.75, 3.05) is 13.6 Å². The number of nitrogens with one attached hydrogen (secondary N) is 1. The van der Waals surface area contributed by atoms with Crippen LogP contribution in [0.25, 0.3) is 0 Å². The Bertz CT molecular complexity index is 239. The Morgan fingerprint density at radius 3 is 1.21 bits per heavy atom. The fourth-order valence-corrected chi connectivity index (χ4v) is 2.82. The maximum absolute atomic E-state index is 10.1. The lowest BCUT2D eigenvalue weighted by molar-refractivity contribution is -0.137. The molecule has 0 aliphatic heterocycles. The van der Waals surface area contributed by atoms with Crippen molar-refractivity contribution in [2.24, 2.45) is 0 Å². The number of halogens is 1. The minimum absolute atomic E-state index is 0. The molecule has 0 spiro atoms. The topological polar surface area (TPSA) is 49.3 Å². The molecule has 0 fully saturated rings. The molecule has 29 heavy (non-hydrogen) atoms. The Morgan fingerprint density at radius 2 is 0.897 bits per heavy atom. The SMILES string of the molecule is CCCCCCCC.CCCCCCCC.CNCCCCCCCC(=O)O.Cl. The molecule has 2 N–H and O–H groups in total. The monoisotopic (exact) mass is 437 g/mol. The van der Waals surface area contributed by atoms with E-state index >= 15 is 0 Å². The number of carboxylic acid groups (broad SMARTS) is 1. The van der Waals surface area contributed by atoms with Gasteiger partial charge in [-0.1, -0.05) is 124 Å². The molecule has 0 aromatic heterocycles. The summed E-state index contributed by atoms with van der Waals surface area (Å²) >= 11 is 0. The highest BCUT2D eigenvalue weighted by molar-refractivity contribution is 5.85. The summed E-state index contributed by atoms with van der Waals surface area (Å²) in [7, 11) is 1.95. The fraction of sp³-hybridized carbons (Fsp3) is 0.960. The number of aliphatic carboxylic acids is 1. The number of rotatable bonds is 18. The number of hydrogen-bond acceptors (Lipinski definition) is 2. The van der Waals surface area contributed by atoms with E-state index in [1.54, 1.807) is 0 Å². The first-order chi connectivity index (χ1) is 13.6. The van der Waals surface area contributed by atoms with E-state index in [1.165, 1.54) is 89.9 Å². The Morgan fingerprint density at radius 1 is 0.586 bits per heavy atom. The molecular weight excluding hydrogens is 382 g/mol. The predicted octanol–water partition coefficient (Wildman–Crippen LogP) is 8.79. The molecule has 0 rings (SSSR count). The van der Waals surface area contributed by atoms with Gasteiger partial charge in [-0.3, -0.25) is 4.79 Å². The highest BCUT2D eigenvalue weighted by Crippen LogP contribution is 2.05. The van der Waals surface area contributed by atoms with Gasteiger partial charge in [-0.25, -0.2) is 0 Å². The molecule has 0 unspecified atom stereocenters. The van der Waals surface area contributed by atoms with Crippen LogP contribution < -0.4 is 5.32 Å². The molecule has 0 atom stereocenters. The minimum Gasteiger partial charge on any atom is -0.481 e. The van der Waals surface area contributed by atoms with Gasteiger partial charge in [0.05, 0.1) is 0 Å². The molecule has 0 bridgehead atoms. The first-order valence-electron chi connectivity index (χ1n) is 12.5. The van der Waals surface area contributed by atoms with Crippen LogP contribution >= 0.6 is 12.4 Å². The zero-order valence-corrected chi connectivity index (χ0v) is 21.5. The zero-order valence-electron chi connectivity index (χ0n) is 20.7. The van der Waals surface area contributed by atoms with Crippen molar-refractivity contribution in [2.45, 2.75) is 143 Å². The molecule has 0 radical (unpaired) electrons. The van der Waals surface area contributed by atoms with E-state index in [1.807, 2.05) is 7.05 Å². The highest BCUT2D eigenvalue weighted by atomic mass is 35.5. The molecule has 0 amide bonds. The van der Waals surface area contributed by atoms with Crippen LogP contribution in [0.2, 0.25) is 0 Å². The summed E-state index contributed by atoms with van der Waals surface area (Å²) in [5.41, 5.74) is 0. The molecule has 0 saturated carbocycles. The Kier molecular flexibility index (Phi) is 47.7. The van der Waals surface area contributed by atoms with Crippen molar-refractivity contribution in [3.05, 3.63) is 0 Å². The summed E-state index contributed by atoms with van der Waals surface area (Å²) in [6.07, 6.45) is 22.8. The van der Waals surface area contributed by atoms with Gasteiger partial charge in [0.15, 0.2) is 0 Å². The second-order valence-corrected chi connectivity index (χ2v) is 7.84. The lowest BCUT2D eigenvalue weighted by Crippen LogP contribution is -2.06. The van der Waals surface area contributed by atoms with Crippen molar-refractivity contribution >= 4 is 18.4 Å². The van der Waals surface area contributed by atoms with Crippen LogP contribution in [0, 0.1) is 0 Å². The molecule has 0 aromatic rings. The number of carbonyl (C=O) groups is 1. The lowest BCUT2D eigenvalue weighted by Gasteiger charge is -1.99. The molecule has 0 aromatic carbocycles. The van der Waals surface area contributed by atoms with Crippen LogP contribution in [0.4, 0.5) is 0 Å². The van der Waals surface area contributed by atoms with Gasteiger partial charge in [-0.05, 0) is 26.4 Å². The van der Waals surface area contributed by atoms with Crippen LogP contribution in [-0.2, 0) is 4.79 Å². The van der Waals surface area contributed by atoms with Crippen molar-refractivity contribution in [1.82, 2.24) is 5.32 Å². The quantitative estimate of drug-likeness (QED) is 0.210. The molecule has 0 aliphatic carbocycles. The summed E-state index contributed by atoms with van der Waals surface area (Å²) < 4.78 is 0. The fourth-order valence-electron chi connectivity index (χ4n) is 2.82. The normalized spacial score (nSPS) is 9.55. The van der Waals surface area contributed by atoms with Gasteiger partial charge < -0.3 is 10.4 Å². The van der Waals surface area contributed by atoms with Gasteiger partial charge in [0.25, 0.3) is 0 Å². The van der Waals surface area contributed by atoms with Gasteiger partial charge in [0, 0.05) is 6.42 Å². The van der Waals surface area contributed by atoms with Crippen molar-refractivity contribution in [3.8, 4) is 0 Å². The smallest absolute Gasteiger partial charge is 0.303 e. The molecule has 3 nitrogen and oxygen atoms in total. The van der Waals surface area contributed by atoms with Crippen LogP contribution in [0.3, 0.4) is 0 Å². The Hall–Kier alpha value is -0.280. The average Bonchev–Trinajstić information content (AvgIpc) is 2.69. The lowest BCUT2D eigenvalue weighted by atomic mass is 10.1. The Labute approximate surface area is 190 Å². The molecular formula is C25H56ClNO2. The Balaban J connectivity index is -0.000000164. The first kappa shape index (κ1) is 36.1. The molecule has 180 valence electrons. The van der Waals surface area contributed by atoms with Crippen LogP contribution in [0.15, 0.2) is 0 Å². The third-order valence-corrected chi connectivity index (χ3v) is 4.73. The summed E-state index contributed by atoms with van der Waals surface area (Å²) in [4.78, 5) is 10.1. The molecule has 0 saturated heterocycles. The van der Waals surface area contributed by atoms with Gasteiger partial charge in [-0.2, -0.15) is 0 Å². The second kappa shape index (κ2) is 38.3. The van der Waals surface area contributed by atoms with Gasteiger partial charge in [0.1, 0.15) is 0 Å². The third kappa shape index (κ3) is 52.3. The molecule has 4 heteroatoms. The zero-order chi connectivity index (χ0) is 21.7. The van der Waals surface area contributed by atoms with Crippen molar-refractivity contribution < 1.29 is 9.90 Å². The maximum Gasteiger partial charge on any atom is 0.303 e. The minimum atomic E-state index is -0.676. The highest BCUT2D eigenvalue weighted by Gasteiger charge is 1.95. The molecule has 0 heterocycles. The molecule has 0 aliphatic rings. The van der Waals surface area contributed by atoms with Gasteiger partial charge in [-0.15, -0.1) is 12.4 Å². The van der Waals surface area contributed by atoms with Crippen molar-refractivity contribution in [1.29, 1.82) is 0 Å². The van der Waals surface area contributed by atoms with E-state index in [0.717, 1.165) is 25.8 Å². The van der Waals surface area contributed by atoms with E-state index in [0.29, 0.717) is 6.42 Å². The average molecular weight is 438 g/mol. The van der Waals surface area contributed by atoms with E-state index in [4.69, 9.17) is 5.11 Å². The summed E-state index contributed by atoms with van der Waals surface area (Å²) in [5.74, 6) is -0.676. The number of hydrogen-bond donors (Lipinski definition) is 2. The van der Waals surface area contributed by atoms with Crippen LogP contribution in [-0.4, -0.2) is 24.7 Å². The van der Waals surface area contributed by atoms with Crippen LogP contribution in [0.1, 0.15) is 143 Å². The third-order valence-electron chi connectivity index (χ3n) is 4.73. The van der Waals surface area contributed by atoms with E-state index in [2.05, 4.69) is 33.0 Å². The number of carboxylic acids is 1. The van der Waals surface area contributed by atoms with Gasteiger partial charge >= 0.3 is 5.97 Å². The summed E-state index contributed by atoms with van der Waals surface area (Å²) in [5, 5.41) is 11.4. The van der Waals surface area contributed by atoms with E-state index in [-0.39, 0.29) is 12.4 Å². The summed E-state index contributed by atoms with van der Waals surface area (Å²) in [6, 6.07) is 0. The van der Waals surface area contributed by atoms with Crippen molar-refractivity contribution in [3.63, 3.8) is 0 Å². The van der Waals surface area contributed by atoms with E-state index in [9.17, 15) is 4.79 Å². The second-order valence-electron chi connectivity index (χ2n) is 7.84. The standard InChI is InChI=1S/C9H19NO2.2C8H18.ClH/c1-10-8-6-4-2-3-5-7-9(11)12;2*1-3-5-7-8-6-4-2;/h10H,2-8H2,1H3,(H,11,12);2*3-8H2,1-2H3;1H. The number of unbranched alkanes of at least 4 members (excludes halogenated alkanes) is 14.